The number of carbonyl (C=O) groups is 1. The number of hydrogen-bond acceptors (Lipinski definition) is 3. The Kier molecular flexibility index (Phi) is 3.74. The quantitative estimate of drug-likeness (QED) is 0.633. The van der Waals surface area contributed by atoms with Crippen molar-refractivity contribution in [2.24, 2.45) is 0 Å². The first kappa shape index (κ1) is 13.6. The first-order valence-electron chi connectivity index (χ1n) is 5.96. The second kappa shape index (κ2) is 5.52. The second-order valence-electron chi connectivity index (χ2n) is 4.33. The number of ketones is 1. The highest BCUT2D eigenvalue weighted by atomic mass is 35.5. The molecule has 0 saturated carbocycles. The van der Waals surface area contributed by atoms with Gasteiger partial charge in [-0.25, -0.2) is 0 Å². The summed E-state index contributed by atoms with van der Waals surface area (Å²) in [7, 11) is 0. The molecule has 0 spiro atoms. The van der Waals surface area contributed by atoms with Crippen molar-refractivity contribution in [3.05, 3.63) is 62.4 Å². The van der Waals surface area contributed by atoms with Crippen LogP contribution in [0.3, 0.4) is 0 Å². The Hall–Kier alpha value is -1.42. The van der Waals surface area contributed by atoms with Gasteiger partial charge in [0.05, 0.1) is 9.85 Å². The Morgan fingerprint density at radius 3 is 2.75 bits per heavy atom. The van der Waals surface area contributed by atoms with E-state index >= 15 is 0 Å². The van der Waals surface area contributed by atoms with Crippen molar-refractivity contribution in [3.8, 4) is 0 Å². The summed E-state index contributed by atoms with van der Waals surface area (Å²) in [5.41, 5.74) is 2.31. The number of halogens is 2. The van der Waals surface area contributed by atoms with E-state index < -0.39 is 0 Å². The van der Waals surface area contributed by atoms with Gasteiger partial charge < -0.3 is 0 Å². The minimum atomic E-state index is -0.0329. The maximum atomic E-state index is 12.3. The monoisotopic (exact) mass is 321 g/mol. The van der Waals surface area contributed by atoms with Gasteiger partial charge in [-0.05, 0) is 23.8 Å². The van der Waals surface area contributed by atoms with E-state index in [-0.39, 0.29) is 12.2 Å². The third-order valence-corrected chi connectivity index (χ3v) is 4.54. The first-order chi connectivity index (χ1) is 9.65. The third kappa shape index (κ3) is 2.57. The summed E-state index contributed by atoms with van der Waals surface area (Å²) in [4.78, 5) is 16.6. The molecule has 1 aromatic carbocycles. The molecule has 0 aliphatic carbocycles. The zero-order chi connectivity index (χ0) is 14.1. The summed E-state index contributed by atoms with van der Waals surface area (Å²) in [5.74, 6) is -0.0329. The highest BCUT2D eigenvalue weighted by molar-refractivity contribution is 7.20. The predicted molar refractivity (Wildman–Crippen MR) is 84.1 cm³/mol. The molecule has 0 fully saturated rings. The van der Waals surface area contributed by atoms with Crippen LogP contribution in [0.25, 0.3) is 10.9 Å². The Bertz CT molecular complexity index is 792. The molecule has 0 aliphatic rings. The predicted octanol–water partition coefficient (Wildman–Crippen LogP) is 5.03. The van der Waals surface area contributed by atoms with Gasteiger partial charge in [0.1, 0.15) is 4.34 Å². The molecule has 0 amide bonds. The summed E-state index contributed by atoms with van der Waals surface area (Å²) in [6.07, 6.45) is 2.00. The summed E-state index contributed by atoms with van der Waals surface area (Å²) in [6, 6.07) is 11.2. The van der Waals surface area contributed by atoms with Crippen molar-refractivity contribution in [1.82, 2.24) is 4.98 Å². The van der Waals surface area contributed by atoms with Gasteiger partial charge in [-0.15, -0.1) is 11.3 Å². The van der Waals surface area contributed by atoms with Crippen molar-refractivity contribution in [1.29, 1.82) is 0 Å². The van der Waals surface area contributed by atoms with E-state index in [9.17, 15) is 4.79 Å². The van der Waals surface area contributed by atoms with Gasteiger partial charge in [0, 0.05) is 23.6 Å². The molecule has 0 unspecified atom stereocenters. The minimum Gasteiger partial charge on any atom is -0.294 e. The fraction of sp³-hybridized carbons (Fsp3) is 0.0667. The Labute approximate surface area is 130 Å². The van der Waals surface area contributed by atoms with Crippen molar-refractivity contribution < 1.29 is 4.79 Å². The normalized spacial score (nSPS) is 10.9. The zero-order valence-electron chi connectivity index (χ0n) is 10.3. The van der Waals surface area contributed by atoms with Gasteiger partial charge in [-0.2, -0.15) is 0 Å². The SMILES string of the molecule is O=C(Cc1ccnc2ccccc12)c1cc(Cl)sc1Cl. The fourth-order valence-corrected chi connectivity index (χ4v) is 3.61. The highest BCUT2D eigenvalue weighted by Crippen LogP contribution is 2.32. The van der Waals surface area contributed by atoms with Gasteiger partial charge in [0.15, 0.2) is 5.78 Å². The number of aromatic nitrogens is 1. The Morgan fingerprint density at radius 2 is 2.00 bits per heavy atom. The molecule has 2 nitrogen and oxygen atoms in total. The number of nitrogens with zero attached hydrogens (tertiary/aromatic N) is 1. The van der Waals surface area contributed by atoms with Crippen LogP contribution in [0.1, 0.15) is 15.9 Å². The topological polar surface area (TPSA) is 30.0 Å². The molecule has 0 bridgehead atoms. The van der Waals surface area contributed by atoms with Crippen molar-refractivity contribution in [2.45, 2.75) is 6.42 Å². The molecular formula is C15H9Cl2NOS. The van der Waals surface area contributed by atoms with E-state index in [0.717, 1.165) is 16.5 Å². The number of para-hydroxylation sites is 1. The molecule has 0 atom stereocenters. The number of pyridine rings is 1. The van der Waals surface area contributed by atoms with Crippen LogP contribution in [0.4, 0.5) is 0 Å². The van der Waals surface area contributed by atoms with Crippen LogP contribution < -0.4 is 0 Å². The number of Topliss-reactive ketones (excluding diaryl/α,β-unsaturated/α-hetero) is 1. The lowest BCUT2D eigenvalue weighted by Crippen LogP contribution is -2.03. The average molecular weight is 322 g/mol. The standard InChI is InChI=1S/C15H9Cl2NOS/c16-14-8-11(15(17)20-14)13(19)7-9-5-6-18-12-4-2-1-3-10(9)12/h1-6,8H,7H2. The molecule has 5 heteroatoms. The molecule has 0 radical (unpaired) electrons. The van der Waals surface area contributed by atoms with Crippen LogP contribution in [0.2, 0.25) is 8.67 Å². The van der Waals surface area contributed by atoms with Gasteiger partial charge in [0.2, 0.25) is 0 Å². The number of thiophene rings is 1. The fourth-order valence-electron chi connectivity index (χ4n) is 2.11. The molecule has 100 valence electrons. The van der Waals surface area contributed by atoms with Gasteiger partial charge in [-0.3, -0.25) is 9.78 Å². The molecule has 0 N–H and O–H groups in total. The van der Waals surface area contributed by atoms with Gasteiger partial charge >= 0.3 is 0 Å². The molecule has 3 rings (SSSR count). The van der Waals surface area contributed by atoms with Crippen molar-refractivity contribution in [3.63, 3.8) is 0 Å². The van der Waals surface area contributed by atoms with E-state index in [1.54, 1.807) is 12.3 Å². The van der Waals surface area contributed by atoms with E-state index in [2.05, 4.69) is 4.98 Å². The second-order valence-corrected chi connectivity index (χ2v) is 6.61. The molecule has 0 saturated heterocycles. The average Bonchev–Trinajstić information content (AvgIpc) is 2.78. The molecule has 2 heterocycles. The van der Waals surface area contributed by atoms with Crippen molar-refractivity contribution >= 4 is 51.2 Å². The van der Waals surface area contributed by atoms with Gasteiger partial charge in [-0.1, -0.05) is 41.4 Å². The maximum absolute atomic E-state index is 12.3. The number of benzene rings is 1. The van der Waals surface area contributed by atoms with Crippen LogP contribution in [-0.2, 0) is 6.42 Å². The lowest BCUT2D eigenvalue weighted by molar-refractivity contribution is 0.0994. The van der Waals surface area contributed by atoms with Crippen molar-refractivity contribution in [2.75, 3.05) is 0 Å². The number of hydrogen-bond donors (Lipinski definition) is 0. The smallest absolute Gasteiger partial charge is 0.169 e. The molecule has 2 aromatic heterocycles. The van der Waals surface area contributed by atoms with E-state index in [0.29, 0.717) is 14.2 Å². The maximum Gasteiger partial charge on any atom is 0.169 e. The van der Waals surface area contributed by atoms with Crippen LogP contribution in [0.5, 0.6) is 0 Å². The van der Waals surface area contributed by atoms with Crippen LogP contribution >= 0.6 is 34.5 Å². The zero-order valence-corrected chi connectivity index (χ0v) is 12.6. The molecule has 0 aliphatic heterocycles. The summed E-state index contributed by atoms with van der Waals surface area (Å²) in [5, 5.41) is 0.987. The first-order valence-corrected chi connectivity index (χ1v) is 7.53. The van der Waals surface area contributed by atoms with Crippen LogP contribution in [0, 0.1) is 0 Å². The lowest BCUT2D eigenvalue weighted by atomic mass is 10.0. The third-order valence-electron chi connectivity index (χ3n) is 3.05. The van der Waals surface area contributed by atoms with Crippen LogP contribution in [0.15, 0.2) is 42.6 Å². The summed E-state index contributed by atoms with van der Waals surface area (Å²) >= 11 is 13.1. The molecule has 20 heavy (non-hydrogen) atoms. The number of carbonyl (C=O) groups excluding carboxylic acids is 1. The largest absolute Gasteiger partial charge is 0.294 e. The summed E-state index contributed by atoms with van der Waals surface area (Å²) < 4.78 is 0.969. The van der Waals surface area contributed by atoms with E-state index in [1.165, 1.54) is 11.3 Å². The minimum absolute atomic E-state index is 0.0329. The molecular weight excluding hydrogens is 313 g/mol. The molecule has 3 aromatic rings. The van der Waals surface area contributed by atoms with Crippen LogP contribution in [-0.4, -0.2) is 10.8 Å². The summed E-state index contributed by atoms with van der Waals surface area (Å²) in [6.45, 7) is 0. The Balaban J connectivity index is 1.97. The Morgan fingerprint density at radius 1 is 1.20 bits per heavy atom. The lowest BCUT2D eigenvalue weighted by Gasteiger charge is -2.04. The van der Waals surface area contributed by atoms with E-state index in [1.807, 2.05) is 30.3 Å². The number of rotatable bonds is 3. The number of fused-ring (bicyclic) bond motifs is 1. The van der Waals surface area contributed by atoms with Gasteiger partial charge in [0.25, 0.3) is 0 Å². The highest BCUT2D eigenvalue weighted by Gasteiger charge is 2.15. The van der Waals surface area contributed by atoms with E-state index in [4.69, 9.17) is 23.2 Å².